The highest BCUT2D eigenvalue weighted by molar-refractivity contribution is 8.26. The third-order valence-electron chi connectivity index (χ3n) is 4.05. The first-order valence-electron chi connectivity index (χ1n) is 8.26. The number of hydrogen-bond donors (Lipinski definition) is 3. The molecule has 0 atom stereocenters. The number of hydrogen-bond acceptors (Lipinski definition) is 6. The molecule has 0 aromatic rings. The number of nitrogens with two attached hydrogens (primary N) is 1. The molecule has 0 aromatic heterocycles. The van der Waals surface area contributed by atoms with Gasteiger partial charge in [-0.05, 0) is 37.7 Å². The lowest BCUT2D eigenvalue weighted by Gasteiger charge is -2.17. The zero-order chi connectivity index (χ0) is 19.3. The number of nitrogens with one attached hydrogen (secondary N) is 1. The van der Waals surface area contributed by atoms with E-state index in [1.54, 1.807) is 0 Å². The zero-order valence-electron chi connectivity index (χ0n) is 14.2. The maximum atomic E-state index is 12.1. The Hall–Kier alpha value is -1.58. The van der Waals surface area contributed by atoms with Gasteiger partial charge in [-0.15, -0.1) is 12.6 Å². The van der Waals surface area contributed by atoms with Crippen LogP contribution in [0.1, 0.15) is 38.5 Å². The second-order valence-corrected chi connectivity index (χ2v) is 8.14. The summed E-state index contributed by atoms with van der Waals surface area (Å²) < 4.78 is 0.454. The Labute approximate surface area is 167 Å². The molecule has 2 aliphatic rings. The Morgan fingerprint density at radius 3 is 2.69 bits per heavy atom. The molecule has 2 rings (SSSR count). The fourth-order valence-corrected chi connectivity index (χ4v) is 4.32. The number of primary amides is 1. The molecule has 1 heterocycles. The molecular formula is C17H21N3O3S3. The van der Waals surface area contributed by atoms with Crippen molar-refractivity contribution in [2.24, 2.45) is 5.73 Å². The van der Waals surface area contributed by atoms with Crippen LogP contribution < -0.4 is 11.1 Å². The third-order valence-corrected chi connectivity index (χ3v) is 5.68. The first-order valence-corrected chi connectivity index (χ1v) is 9.93. The molecule has 3 N–H and O–H groups in total. The molecule has 9 heteroatoms. The van der Waals surface area contributed by atoms with E-state index in [1.807, 2.05) is 6.08 Å². The van der Waals surface area contributed by atoms with E-state index in [0.717, 1.165) is 43.0 Å². The molecule has 1 aliphatic carbocycles. The Balaban J connectivity index is 1.92. The number of nitrogens with zero attached hydrogens (tertiary/aromatic N) is 1. The first kappa shape index (κ1) is 20.7. The van der Waals surface area contributed by atoms with Crippen LogP contribution in [0, 0.1) is 0 Å². The molecule has 140 valence electrons. The molecule has 1 fully saturated rings. The van der Waals surface area contributed by atoms with Crippen LogP contribution in [0.3, 0.4) is 0 Å². The van der Waals surface area contributed by atoms with E-state index in [9.17, 15) is 14.4 Å². The minimum Gasteiger partial charge on any atom is -0.366 e. The van der Waals surface area contributed by atoms with Gasteiger partial charge in [-0.3, -0.25) is 19.3 Å². The van der Waals surface area contributed by atoms with Crippen LogP contribution in [0.4, 0.5) is 0 Å². The van der Waals surface area contributed by atoms with E-state index in [4.69, 9.17) is 18.0 Å². The van der Waals surface area contributed by atoms with E-state index in [2.05, 4.69) is 24.5 Å². The van der Waals surface area contributed by atoms with Gasteiger partial charge in [0.1, 0.15) is 4.32 Å². The van der Waals surface area contributed by atoms with Crippen LogP contribution in [0.15, 0.2) is 33.7 Å². The maximum Gasteiger partial charge on any atom is 0.265 e. The number of thioether (sulfide) groups is 1. The lowest BCUT2D eigenvalue weighted by Crippen LogP contribution is -2.31. The summed E-state index contributed by atoms with van der Waals surface area (Å²) in [6, 6.07) is 0. The average molecular weight is 412 g/mol. The molecule has 0 aromatic carbocycles. The predicted molar refractivity (Wildman–Crippen MR) is 110 cm³/mol. The Morgan fingerprint density at radius 2 is 2.15 bits per heavy atom. The van der Waals surface area contributed by atoms with Crippen molar-refractivity contribution in [3.8, 4) is 0 Å². The number of carbonyl (C=O) groups excluding carboxylic acids is 3. The monoisotopic (exact) mass is 411 g/mol. The number of carbonyl (C=O) groups is 3. The topological polar surface area (TPSA) is 92.5 Å². The van der Waals surface area contributed by atoms with Gasteiger partial charge in [-0.1, -0.05) is 36.6 Å². The number of thiol groups is 1. The molecule has 0 bridgehead atoms. The Kier molecular flexibility index (Phi) is 7.48. The Morgan fingerprint density at radius 1 is 1.42 bits per heavy atom. The molecular weight excluding hydrogens is 390 g/mol. The smallest absolute Gasteiger partial charge is 0.265 e. The van der Waals surface area contributed by atoms with E-state index in [1.165, 1.54) is 4.90 Å². The summed E-state index contributed by atoms with van der Waals surface area (Å²) >= 11 is 10.5. The van der Waals surface area contributed by atoms with Crippen molar-refractivity contribution in [2.45, 2.75) is 38.5 Å². The van der Waals surface area contributed by atoms with Crippen LogP contribution in [0.2, 0.25) is 0 Å². The van der Waals surface area contributed by atoms with Crippen molar-refractivity contribution in [2.75, 3.05) is 6.54 Å². The summed E-state index contributed by atoms with van der Waals surface area (Å²) in [5.41, 5.74) is 6.56. The third kappa shape index (κ3) is 5.21. The minimum atomic E-state index is -0.605. The zero-order valence-corrected chi connectivity index (χ0v) is 16.8. The second-order valence-electron chi connectivity index (χ2n) is 5.96. The summed E-state index contributed by atoms with van der Waals surface area (Å²) in [5.74, 6) is -1.11. The summed E-state index contributed by atoms with van der Waals surface area (Å²) in [7, 11) is 0. The van der Waals surface area contributed by atoms with Crippen molar-refractivity contribution in [3.63, 3.8) is 0 Å². The van der Waals surface area contributed by atoms with Crippen molar-refractivity contribution >= 4 is 58.7 Å². The van der Waals surface area contributed by atoms with Gasteiger partial charge in [0.15, 0.2) is 0 Å². The van der Waals surface area contributed by atoms with E-state index < -0.39 is 5.91 Å². The van der Waals surface area contributed by atoms with Gasteiger partial charge >= 0.3 is 0 Å². The van der Waals surface area contributed by atoms with Crippen molar-refractivity contribution in [1.29, 1.82) is 0 Å². The average Bonchev–Trinajstić information content (AvgIpc) is 2.81. The van der Waals surface area contributed by atoms with Gasteiger partial charge < -0.3 is 11.1 Å². The van der Waals surface area contributed by atoms with Crippen molar-refractivity contribution < 1.29 is 14.4 Å². The summed E-state index contributed by atoms with van der Waals surface area (Å²) in [5, 5.41) is 2.79. The SMILES string of the molecule is C=C1SC(=S)N(CCCC(=O)N/C(S)=C(\C(N)=O)C2=CCCCC2)C1=O. The first-order chi connectivity index (χ1) is 12.3. The largest absolute Gasteiger partial charge is 0.366 e. The lowest BCUT2D eigenvalue weighted by molar-refractivity contribution is -0.123. The number of rotatable bonds is 7. The fraction of sp³-hybridized carbons (Fsp3) is 0.412. The van der Waals surface area contributed by atoms with E-state index in [0.29, 0.717) is 22.2 Å². The fourth-order valence-electron chi connectivity index (χ4n) is 2.78. The van der Waals surface area contributed by atoms with Crippen LogP contribution >= 0.6 is 36.6 Å². The number of allylic oxidation sites excluding steroid dienone is 1. The van der Waals surface area contributed by atoms with Crippen LogP contribution in [-0.4, -0.2) is 33.5 Å². The highest BCUT2D eigenvalue weighted by Gasteiger charge is 2.30. The van der Waals surface area contributed by atoms with Crippen LogP contribution in [0.5, 0.6) is 0 Å². The number of thiocarbonyl (C=S) groups is 1. The summed E-state index contributed by atoms with van der Waals surface area (Å²) in [6.07, 6.45) is 6.25. The highest BCUT2D eigenvalue weighted by atomic mass is 32.2. The molecule has 1 saturated heterocycles. The quantitative estimate of drug-likeness (QED) is 0.340. The number of amides is 3. The van der Waals surface area contributed by atoms with Crippen molar-refractivity contribution in [3.05, 3.63) is 33.7 Å². The molecule has 0 radical (unpaired) electrons. The van der Waals surface area contributed by atoms with E-state index in [-0.39, 0.29) is 28.8 Å². The molecule has 0 saturated carbocycles. The van der Waals surface area contributed by atoms with Gasteiger partial charge in [0.25, 0.3) is 11.8 Å². The van der Waals surface area contributed by atoms with Gasteiger partial charge in [-0.2, -0.15) is 0 Å². The highest BCUT2D eigenvalue weighted by Crippen LogP contribution is 2.29. The van der Waals surface area contributed by atoms with Crippen LogP contribution in [-0.2, 0) is 14.4 Å². The standard InChI is InChI=1S/C17H21N3O3S3/c1-10-16(23)20(17(25)26-10)9-5-8-12(21)19-15(24)13(14(18)22)11-6-3-2-4-7-11/h6,24H,1-5,7-9H2,(H2,18,22)(H,19,21)/b15-13+. The van der Waals surface area contributed by atoms with Crippen LogP contribution in [0.25, 0.3) is 0 Å². The molecule has 1 aliphatic heterocycles. The van der Waals surface area contributed by atoms with E-state index >= 15 is 0 Å². The summed E-state index contributed by atoms with van der Waals surface area (Å²) in [4.78, 5) is 37.6. The minimum absolute atomic E-state index is 0.165. The maximum absolute atomic E-state index is 12.1. The summed E-state index contributed by atoms with van der Waals surface area (Å²) in [6.45, 7) is 3.98. The van der Waals surface area contributed by atoms with Gasteiger partial charge in [-0.25, -0.2) is 0 Å². The molecule has 3 amide bonds. The second kappa shape index (κ2) is 9.38. The lowest BCUT2D eigenvalue weighted by atomic mass is 9.93. The predicted octanol–water partition coefficient (Wildman–Crippen LogP) is 2.38. The molecule has 26 heavy (non-hydrogen) atoms. The van der Waals surface area contributed by atoms with Gasteiger partial charge in [0.05, 0.1) is 15.5 Å². The molecule has 6 nitrogen and oxygen atoms in total. The molecule has 0 spiro atoms. The molecule has 0 unspecified atom stereocenters. The van der Waals surface area contributed by atoms with Gasteiger partial charge in [0.2, 0.25) is 5.91 Å². The van der Waals surface area contributed by atoms with Gasteiger partial charge in [0, 0.05) is 13.0 Å². The Bertz CT molecular complexity index is 728. The normalized spacial score (nSPS) is 18.6. The van der Waals surface area contributed by atoms with Crippen molar-refractivity contribution in [1.82, 2.24) is 10.2 Å².